The summed E-state index contributed by atoms with van der Waals surface area (Å²) >= 11 is 0. The third-order valence-corrected chi connectivity index (χ3v) is 10.3. The first-order valence-corrected chi connectivity index (χ1v) is 17.8. The summed E-state index contributed by atoms with van der Waals surface area (Å²) < 4.78 is 2.45. The van der Waals surface area contributed by atoms with Crippen LogP contribution in [0.2, 0.25) is 0 Å². The van der Waals surface area contributed by atoms with Gasteiger partial charge >= 0.3 is 0 Å². The van der Waals surface area contributed by atoms with E-state index in [1.165, 1.54) is 71.3 Å². The molecule has 0 aliphatic rings. The van der Waals surface area contributed by atoms with Crippen LogP contribution >= 0.6 is 0 Å². The van der Waals surface area contributed by atoms with E-state index in [9.17, 15) is 0 Å². The van der Waals surface area contributed by atoms with Gasteiger partial charge in [0.2, 0.25) is 0 Å². The molecule has 10 rings (SSSR count). The van der Waals surface area contributed by atoms with E-state index in [1.807, 2.05) is 0 Å². The molecule has 0 unspecified atom stereocenters. The second-order valence-corrected chi connectivity index (χ2v) is 13.4. The molecule has 2 nitrogen and oxygen atoms in total. The van der Waals surface area contributed by atoms with Crippen molar-refractivity contribution in [3.05, 3.63) is 206 Å². The van der Waals surface area contributed by atoms with Crippen LogP contribution in [0, 0.1) is 0 Å². The summed E-state index contributed by atoms with van der Waals surface area (Å²) in [5, 5.41) is 7.42. The molecular weight excluding hydrogens is 629 g/mol. The number of hydrogen-bond donors (Lipinski definition) is 0. The lowest BCUT2D eigenvalue weighted by molar-refractivity contribution is 1.19. The van der Waals surface area contributed by atoms with Crippen LogP contribution in [0.3, 0.4) is 0 Å². The molecule has 0 aliphatic heterocycles. The Bertz CT molecular complexity index is 2790. The lowest BCUT2D eigenvalue weighted by atomic mass is 10.0. The van der Waals surface area contributed by atoms with Crippen LogP contribution in [0.15, 0.2) is 206 Å². The molecule has 9 aromatic carbocycles. The molecule has 1 heterocycles. The monoisotopic (exact) mass is 662 g/mol. The molecule has 2 heteroatoms. The minimum atomic E-state index is 1.11. The van der Waals surface area contributed by atoms with Gasteiger partial charge in [-0.25, -0.2) is 0 Å². The van der Waals surface area contributed by atoms with E-state index >= 15 is 0 Å². The van der Waals surface area contributed by atoms with Gasteiger partial charge in [-0.1, -0.05) is 152 Å². The Balaban J connectivity index is 1.15. The van der Waals surface area contributed by atoms with Crippen molar-refractivity contribution < 1.29 is 0 Å². The highest BCUT2D eigenvalue weighted by atomic mass is 15.1. The van der Waals surface area contributed by atoms with Crippen molar-refractivity contribution in [2.24, 2.45) is 0 Å². The summed E-state index contributed by atoms with van der Waals surface area (Å²) in [6.45, 7) is 0. The standard InChI is InChI=1S/C50H34N2/c1-3-11-35(12-4-1)38-19-25-42(26-20-38)51(43-27-21-39(22-28-43)36-13-5-2-6-14-36)44-30-32-46-41(34-44)24-31-48-47-17-9-10-18-49(47)52(50(46)48)45-29-23-37-15-7-8-16-40(37)33-45/h1-34H. The number of rotatable bonds is 6. The lowest BCUT2D eigenvalue weighted by Gasteiger charge is -2.26. The van der Waals surface area contributed by atoms with E-state index in [2.05, 4.69) is 216 Å². The molecule has 0 N–H and O–H groups in total. The molecule has 0 atom stereocenters. The van der Waals surface area contributed by atoms with Gasteiger partial charge in [0.1, 0.15) is 0 Å². The van der Waals surface area contributed by atoms with Crippen LogP contribution in [0.5, 0.6) is 0 Å². The van der Waals surface area contributed by atoms with E-state index in [-0.39, 0.29) is 0 Å². The van der Waals surface area contributed by atoms with Crippen molar-refractivity contribution in [3.8, 4) is 27.9 Å². The Morgan fingerprint density at radius 2 is 0.827 bits per heavy atom. The molecule has 52 heavy (non-hydrogen) atoms. The van der Waals surface area contributed by atoms with Gasteiger partial charge in [0.15, 0.2) is 0 Å². The number of benzene rings is 9. The quantitative estimate of drug-likeness (QED) is 0.172. The molecule has 0 radical (unpaired) electrons. The predicted octanol–water partition coefficient (Wildman–Crippen LogP) is 13.9. The van der Waals surface area contributed by atoms with E-state index in [4.69, 9.17) is 0 Å². The normalized spacial score (nSPS) is 11.5. The number of para-hydroxylation sites is 1. The zero-order valence-corrected chi connectivity index (χ0v) is 28.5. The molecule has 0 amide bonds. The SMILES string of the molecule is c1ccc(-c2ccc(N(c3ccc(-c4ccccc4)cc3)c3ccc4c(ccc5c6ccccc6n(-c6ccc7ccccc7c6)c45)c3)cc2)cc1. The summed E-state index contributed by atoms with van der Waals surface area (Å²) in [7, 11) is 0. The number of fused-ring (bicyclic) bond motifs is 6. The average molecular weight is 663 g/mol. The summed E-state index contributed by atoms with van der Waals surface area (Å²) in [4.78, 5) is 2.37. The van der Waals surface area contributed by atoms with Crippen LogP contribution < -0.4 is 4.90 Å². The molecule has 0 saturated carbocycles. The van der Waals surface area contributed by atoms with Gasteiger partial charge in [-0.3, -0.25) is 0 Å². The highest BCUT2D eigenvalue weighted by Gasteiger charge is 2.18. The van der Waals surface area contributed by atoms with Crippen LogP contribution in [-0.4, -0.2) is 4.57 Å². The van der Waals surface area contributed by atoms with E-state index < -0.39 is 0 Å². The summed E-state index contributed by atoms with van der Waals surface area (Å²) in [6, 6.07) is 74.7. The van der Waals surface area contributed by atoms with Gasteiger partial charge in [-0.15, -0.1) is 0 Å². The number of hydrogen-bond acceptors (Lipinski definition) is 1. The van der Waals surface area contributed by atoms with E-state index in [0.29, 0.717) is 0 Å². The zero-order chi connectivity index (χ0) is 34.4. The van der Waals surface area contributed by atoms with Crippen molar-refractivity contribution in [2.45, 2.75) is 0 Å². The van der Waals surface area contributed by atoms with Crippen LogP contribution in [0.4, 0.5) is 17.1 Å². The summed E-state index contributed by atoms with van der Waals surface area (Å²) in [6.07, 6.45) is 0. The molecular formula is C50H34N2. The van der Waals surface area contributed by atoms with Crippen molar-refractivity contribution in [3.63, 3.8) is 0 Å². The average Bonchev–Trinajstić information content (AvgIpc) is 3.57. The smallest absolute Gasteiger partial charge is 0.0619 e. The molecule has 1 aromatic heterocycles. The number of aromatic nitrogens is 1. The zero-order valence-electron chi connectivity index (χ0n) is 28.5. The first-order chi connectivity index (χ1) is 25.8. The van der Waals surface area contributed by atoms with Gasteiger partial charge < -0.3 is 9.47 Å². The van der Waals surface area contributed by atoms with Crippen molar-refractivity contribution in [1.82, 2.24) is 4.57 Å². The van der Waals surface area contributed by atoms with Gasteiger partial charge in [0, 0.05) is 38.9 Å². The third-order valence-electron chi connectivity index (χ3n) is 10.3. The molecule has 10 aromatic rings. The Labute approximate surface area is 303 Å². The molecule has 0 fully saturated rings. The Hall–Kier alpha value is -6.90. The fourth-order valence-corrected chi connectivity index (χ4v) is 7.81. The maximum Gasteiger partial charge on any atom is 0.0619 e. The van der Waals surface area contributed by atoms with Crippen molar-refractivity contribution >= 4 is 60.4 Å². The van der Waals surface area contributed by atoms with E-state index in [1.54, 1.807) is 0 Å². The largest absolute Gasteiger partial charge is 0.310 e. The van der Waals surface area contributed by atoms with Gasteiger partial charge in [-0.2, -0.15) is 0 Å². The third kappa shape index (κ3) is 5.12. The topological polar surface area (TPSA) is 8.17 Å². The second-order valence-electron chi connectivity index (χ2n) is 13.4. The second kappa shape index (κ2) is 12.5. The highest BCUT2D eigenvalue weighted by molar-refractivity contribution is 6.19. The maximum absolute atomic E-state index is 2.45. The minimum Gasteiger partial charge on any atom is -0.310 e. The fraction of sp³-hybridized carbons (Fsp3) is 0. The Kier molecular flexibility index (Phi) is 7.18. The fourth-order valence-electron chi connectivity index (χ4n) is 7.81. The summed E-state index contributed by atoms with van der Waals surface area (Å²) in [5.74, 6) is 0. The molecule has 0 spiro atoms. The van der Waals surface area contributed by atoms with E-state index in [0.717, 1.165) is 17.1 Å². The predicted molar refractivity (Wildman–Crippen MR) is 221 cm³/mol. The van der Waals surface area contributed by atoms with Crippen LogP contribution in [-0.2, 0) is 0 Å². The Morgan fingerprint density at radius 3 is 1.50 bits per heavy atom. The highest BCUT2D eigenvalue weighted by Crippen LogP contribution is 2.41. The Morgan fingerprint density at radius 1 is 0.308 bits per heavy atom. The van der Waals surface area contributed by atoms with Gasteiger partial charge in [0.05, 0.1) is 11.0 Å². The molecule has 0 bridgehead atoms. The minimum absolute atomic E-state index is 1.11. The molecule has 0 saturated heterocycles. The van der Waals surface area contributed by atoms with Gasteiger partial charge in [-0.05, 0) is 93.0 Å². The number of anilines is 3. The van der Waals surface area contributed by atoms with Crippen molar-refractivity contribution in [1.29, 1.82) is 0 Å². The molecule has 244 valence electrons. The van der Waals surface area contributed by atoms with Crippen LogP contribution in [0.25, 0.3) is 71.3 Å². The van der Waals surface area contributed by atoms with Crippen LogP contribution in [0.1, 0.15) is 0 Å². The summed E-state index contributed by atoms with van der Waals surface area (Å²) in [5.41, 5.74) is 11.8. The lowest BCUT2D eigenvalue weighted by Crippen LogP contribution is -2.10. The molecule has 0 aliphatic carbocycles. The maximum atomic E-state index is 2.45. The number of nitrogens with zero attached hydrogens (tertiary/aromatic N) is 2. The first-order valence-electron chi connectivity index (χ1n) is 17.8. The first kappa shape index (κ1) is 30.0. The van der Waals surface area contributed by atoms with Crippen molar-refractivity contribution in [2.75, 3.05) is 4.90 Å². The van der Waals surface area contributed by atoms with Gasteiger partial charge in [0.25, 0.3) is 0 Å².